The number of aromatic nitrogens is 2. The second-order valence-electron chi connectivity index (χ2n) is 9.43. The predicted octanol–water partition coefficient (Wildman–Crippen LogP) is 4.72. The molecule has 3 rings (SSSR count). The second kappa shape index (κ2) is 22.0. The van der Waals surface area contributed by atoms with Crippen molar-refractivity contribution in [1.82, 2.24) is 9.97 Å². The van der Waals surface area contributed by atoms with Gasteiger partial charge in [-0.05, 0) is 59.2 Å². The number of alkyl halides is 2. The summed E-state index contributed by atoms with van der Waals surface area (Å²) in [5, 5.41) is 8.48. The van der Waals surface area contributed by atoms with Crippen LogP contribution in [-0.4, -0.2) is 22.2 Å². The minimum absolute atomic E-state index is 0. The van der Waals surface area contributed by atoms with Crippen LogP contribution in [0.5, 0.6) is 0 Å². The fourth-order valence-corrected chi connectivity index (χ4v) is 4.30. The molecule has 11 heteroatoms. The third-order valence-corrected chi connectivity index (χ3v) is 6.54. The van der Waals surface area contributed by atoms with Crippen molar-refractivity contribution in [2.75, 3.05) is 0 Å². The van der Waals surface area contributed by atoms with Crippen LogP contribution in [0.3, 0.4) is 0 Å². The van der Waals surface area contributed by atoms with E-state index >= 15 is 0 Å². The monoisotopic (exact) mass is 664 g/mol. The summed E-state index contributed by atoms with van der Waals surface area (Å²) in [4.78, 5) is 29.3. The number of hydrogen-bond donors (Lipinski definition) is 1. The Kier molecular flexibility index (Phi) is 22.8. The van der Waals surface area contributed by atoms with E-state index in [9.17, 15) is 18.4 Å². The van der Waals surface area contributed by atoms with E-state index in [2.05, 4.69) is 46.7 Å². The number of nitrogens with two attached hydrogens (primary N) is 1. The number of amides is 1. The standard InChI is InChI=1S/C11H11F2NOP.C9H19NO.C7H5BrN2.C2H6.K/c12-11(13,16)9-5-4-8(6-15)10(14-9)7-2-1-3-7;1-4-5-8(9(10)11)6-7(2)3;1-5-2-6(8)4-10-7(5)3-9;1-2;/h4-5,7H,1-3,16H2;7-8H,4-6H2,1-3H3,(H2,10,11);2,4H,1H3;1-2H3;/q-1;;;;+1. The summed E-state index contributed by atoms with van der Waals surface area (Å²) in [5.74, 6) is 0.670. The van der Waals surface area contributed by atoms with Gasteiger partial charge in [0, 0.05) is 16.6 Å². The molecule has 2 aromatic heterocycles. The van der Waals surface area contributed by atoms with Crippen molar-refractivity contribution in [3.63, 3.8) is 0 Å². The number of carbonyl (C=O) groups excluding carboxylic acids is 2. The number of halogens is 3. The molecule has 2 aromatic rings. The Labute approximate surface area is 291 Å². The van der Waals surface area contributed by atoms with Gasteiger partial charge in [-0.25, -0.2) is 4.98 Å². The van der Waals surface area contributed by atoms with Crippen LogP contribution in [-0.2, 0) is 15.3 Å². The predicted molar refractivity (Wildman–Crippen MR) is 159 cm³/mol. The number of nitriles is 1. The average Bonchev–Trinajstić information content (AvgIpc) is 2.84. The van der Waals surface area contributed by atoms with Gasteiger partial charge in [-0.2, -0.15) is 20.1 Å². The van der Waals surface area contributed by atoms with Crippen molar-refractivity contribution >= 4 is 37.4 Å². The van der Waals surface area contributed by atoms with Crippen molar-refractivity contribution in [3.8, 4) is 6.07 Å². The van der Waals surface area contributed by atoms with Crippen molar-refractivity contribution in [3.05, 3.63) is 57.1 Å². The minimum Gasteiger partial charge on any atom is -0.376 e. The molecule has 0 aromatic carbocycles. The smallest absolute Gasteiger partial charge is 0.376 e. The maximum atomic E-state index is 13.1. The molecule has 1 amide bonds. The first-order valence-corrected chi connectivity index (χ1v) is 14.6. The zero-order valence-corrected chi connectivity index (χ0v) is 30.6. The van der Waals surface area contributed by atoms with Gasteiger partial charge >= 0.3 is 51.4 Å². The normalized spacial score (nSPS) is 12.8. The van der Waals surface area contributed by atoms with E-state index in [0.29, 0.717) is 22.9 Å². The summed E-state index contributed by atoms with van der Waals surface area (Å²) < 4.78 is 27.0. The largest absolute Gasteiger partial charge is 1.00 e. The van der Waals surface area contributed by atoms with Gasteiger partial charge in [0.1, 0.15) is 11.8 Å². The van der Waals surface area contributed by atoms with Crippen LogP contribution in [0.2, 0.25) is 0 Å². The van der Waals surface area contributed by atoms with Gasteiger partial charge in [0.25, 0.3) is 5.66 Å². The van der Waals surface area contributed by atoms with Crippen LogP contribution in [0, 0.1) is 30.1 Å². The summed E-state index contributed by atoms with van der Waals surface area (Å²) in [6, 6.07) is 6.41. The number of pyridine rings is 2. The van der Waals surface area contributed by atoms with Crippen LogP contribution in [0.4, 0.5) is 8.78 Å². The number of carbonyl (C=O) groups is 1. The molecule has 0 aliphatic heterocycles. The van der Waals surface area contributed by atoms with E-state index in [0.717, 1.165) is 48.6 Å². The molecule has 2 heterocycles. The number of primary amides is 1. The summed E-state index contributed by atoms with van der Waals surface area (Å²) in [6.45, 7) is 12.2. The Morgan fingerprint density at radius 2 is 1.93 bits per heavy atom. The third-order valence-electron chi connectivity index (χ3n) is 5.81. The Morgan fingerprint density at radius 1 is 1.32 bits per heavy atom. The first-order valence-electron chi connectivity index (χ1n) is 13.2. The Bertz CT molecular complexity index is 1090. The molecule has 0 radical (unpaired) electrons. The molecule has 1 aliphatic rings. The molecule has 2 unspecified atom stereocenters. The Hall–Kier alpha value is -0.664. The zero-order chi connectivity index (χ0) is 30.2. The number of aryl methyl sites for hydroxylation is 1. The summed E-state index contributed by atoms with van der Waals surface area (Å²) in [7, 11) is 1.46. The van der Waals surface area contributed by atoms with Crippen molar-refractivity contribution < 1.29 is 69.8 Å². The van der Waals surface area contributed by atoms with Gasteiger partial charge < -0.3 is 15.5 Å². The molecule has 216 valence electrons. The van der Waals surface area contributed by atoms with E-state index in [1.807, 2.05) is 32.9 Å². The van der Waals surface area contributed by atoms with E-state index in [4.69, 9.17) is 11.0 Å². The second-order valence-corrected chi connectivity index (χ2v) is 11.1. The Balaban J connectivity index is 0. The maximum Gasteiger partial charge on any atom is 1.00 e. The number of hydrogen-bond acceptors (Lipinski definition) is 5. The first kappa shape index (κ1) is 41.5. The van der Waals surface area contributed by atoms with Gasteiger partial charge in [0.05, 0.1) is 12.0 Å². The van der Waals surface area contributed by atoms with E-state index < -0.39 is 5.66 Å². The number of rotatable bonds is 8. The fraction of sp³-hybridized carbons (Fsp3) is 0.552. The van der Waals surface area contributed by atoms with Gasteiger partial charge in [-0.1, -0.05) is 81.3 Å². The van der Waals surface area contributed by atoms with Crippen molar-refractivity contribution in [1.29, 1.82) is 5.26 Å². The van der Waals surface area contributed by atoms with Gasteiger partial charge in [-0.3, -0.25) is 4.79 Å². The summed E-state index contributed by atoms with van der Waals surface area (Å²) >= 11 is 3.25. The topological polar surface area (TPSA) is 110 Å². The maximum absolute atomic E-state index is 13.1. The molecule has 2 N–H and O–H groups in total. The van der Waals surface area contributed by atoms with Crippen molar-refractivity contribution in [2.24, 2.45) is 17.6 Å². The van der Waals surface area contributed by atoms with Crippen molar-refractivity contribution in [2.45, 2.75) is 91.6 Å². The third kappa shape index (κ3) is 15.5. The molecular weight excluding hydrogens is 624 g/mol. The van der Waals surface area contributed by atoms with Crippen LogP contribution >= 0.6 is 25.2 Å². The molecule has 1 fully saturated rings. The van der Waals surface area contributed by atoms with E-state index in [1.165, 1.54) is 21.4 Å². The van der Waals surface area contributed by atoms with Crippen LogP contribution in [0.1, 0.15) is 107 Å². The van der Waals surface area contributed by atoms with E-state index in [1.54, 1.807) is 12.5 Å². The van der Waals surface area contributed by atoms with Gasteiger partial charge in [0.15, 0.2) is 0 Å². The zero-order valence-electron chi connectivity index (χ0n) is 24.7. The first-order chi connectivity index (χ1) is 18.3. The molecule has 2 atom stereocenters. The van der Waals surface area contributed by atoms with Gasteiger partial charge in [-0.15, -0.1) is 5.56 Å². The molecule has 6 nitrogen and oxygen atoms in total. The summed E-state index contributed by atoms with van der Waals surface area (Å²) in [6.07, 6.45) is 9.17. The molecule has 0 bridgehead atoms. The quantitative estimate of drug-likeness (QED) is 0.250. The molecular formula is C29H41BrF2KN4O2P. The fourth-order valence-electron chi connectivity index (χ4n) is 3.69. The minimum atomic E-state index is -3.04. The summed E-state index contributed by atoms with van der Waals surface area (Å²) in [5.41, 5.74) is 4.05. The van der Waals surface area contributed by atoms with Crippen LogP contribution in [0.15, 0.2) is 28.9 Å². The molecule has 0 spiro atoms. The molecule has 1 aliphatic carbocycles. The molecule has 1 saturated carbocycles. The van der Waals surface area contributed by atoms with Crippen LogP contribution < -0.4 is 57.1 Å². The number of nitrogens with zero attached hydrogens (tertiary/aromatic N) is 3. The molecule has 0 saturated heterocycles. The van der Waals surface area contributed by atoms with Gasteiger partial charge in [0.2, 0.25) is 5.91 Å². The van der Waals surface area contributed by atoms with E-state index in [-0.39, 0.29) is 74.8 Å². The van der Waals surface area contributed by atoms with Crippen LogP contribution in [0.25, 0.3) is 0 Å². The molecule has 40 heavy (non-hydrogen) atoms. The average molecular weight is 666 g/mol. The SMILES string of the molecule is CC.CCCC(CC(C)C)C(N)=O.Cc1cc(Br)cnc1C#N.O=[C-]c1ccc(C(F)(F)P)nc1C1CCC1.[K+]. The Morgan fingerprint density at radius 3 is 2.30 bits per heavy atom.